The number of carbonyl (C=O) groups excluding carboxylic acids is 4. The van der Waals surface area contributed by atoms with Crippen molar-refractivity contribution in [1.82, 2.24) is 14.9 Å². The number of hydrogen-bond acceptors (Lipinski definition) is 5. The third-order valence-electron chi connectivity index (χ3n) is 7.44. The van der Waals surface area contributed by atoms with Crippen molar-refractivity contribution >= 4 is 34.4 Å². The van der Waals surface area contributed by atoms with Gasteiger partial charge >= 0.3 is 0 Å². The van der Waals surface area contributed by atoms with Gasteiger partial charge in [0.1, 0.15) is 0 Å². The number of piperidine rings is 1. The summed E-state index contributed by atoms with van der Waals surface area (Å²) in [5, 5.41) is 3.97. The first-order chi connectivity index (χ1) is 16.5. The molecule has 0 bridgehead atoms. The normalized spacial score (nSPS) is 19.4. The van der Waals surface area contributed by atoms with Crippen molar-refractivity contribution in [2.45, 2.75) is 71.3 Å². The van der Waals surface area contributed by atoms with Gasteiger partial charge in [-0.25, -0.2) is 10.0 Å². The monoisotopic (exact) mass is 461 g/mol. The molecular weight excluding hydrogens is 430 g/mol. The number of benzene rings is 2. The van der Waals surface area contributed by atoms with Crippen LogP contribution in [0.1, 0.15) is 107 Å². The Morgan fingerprint density at radius 1 is 0.706 bits per heavy atom. The van der Waals surface area contributed by atoms with Crippen LogP contribution >= 0.6 is 0 Å². The number of carbonyl (C=O) groups is 4. The molecule has 0 spiro atoms. The van der Waals surface area contributed by atoms with Crippen molar-refractivity contribution in [3.05, 3.63) is 46.5 Å². The molecule has 0 saturated carbocycles. The minimum atomic E-state index is -0.380. The third kappa shape index (κ3) is 3.45. The minimum Gasteiger partial charge on any atom is -0.272 e. The van der Waals surface area contributed by atoms with Gasteiger partial charge in [0.05, 0.1) is 11.1 Å². The Labute approximate surface area is 199 Å². The molecule has 7 heteroatoms. The summed E-state index contributed by atoms with van der Waals surface area (Å²) in [5.74, 6) is -1.45. The first-order valence-electron chi connectivity index (χ1n) is 12.6. The number of unbranched alkanes of at least 4 members (excludes halogenated alkanes) is 3. The van der Waals surface area contributed by atoms with Crippen LogP contribution < -0.4 is 0 Å². The van der Waals surface area contributed by atoms with Gasteiger partial charge in [-0.15, -0.1) is 0 Å². The molecule has 4 amide bonds. The van der Waals surface area contributed by atoms with E-state index in [9.17, 15) is 19.2 Å². The van der Waals surface area contributed by atoms with Crippen molar-refractivity contribution in [1.29, 1.82) is 0 Å². The van der Waals surface area contributed by atoms with E-state index >= 15 is 0 Å². The van der Waals surface area contributed by atoms with E-state index < -0.39 is 0 Å². The molecule has 3 aliphatic rings. The average Bonchev–Trinajstić information content (AvgIpc) is 2.84. The molecule has 178 valence electrons. The highest BCUT2D eigenvalue weighted by molar-refractivity contribution is 6.33. The Kier molecular flexibility index (Phi) is 5.98. The lowest BCUT2D eigenvalue weighted by molar-refractivity contribution is -0.0115. The Morgan fingerprint density at radius 2 is 1.21 bits per heavy atom. The van der Waals surface area contributed by atoms with Crippen LogP contribution in [-0.2, 0) is 0 Å². The standard InChI is InChI=1S/C27H31N3O4/c1-3-4-5-7-10-17(2)29-24(31)18-11-13-20-23-21(14-12-19(22(18)23)25(29)32)27(34)30(26(20)33)28-15-8-6-9-16-28/h11-14,17H,3-10,15-16H2,1-2H3. The van der Waals surface area contributed by atoms with Crippen LogP contribution in [0.15, 0.2) is 24.3 Å². The molecule has 3 aliphatic heterocycles. The van der Waals surface area contributed by atoms with E-state index in [1.54, 1.807) is 24.3 Å². The van der Waals surface area contributed by atoms with E-state index in [1.165, 1.54) is 9.91 Å². The Hall–Kier alpha value is -3.06. The second kappa shape index (κ2) is 8.95. The lowest BCUT2D eigenvalue weighted by atomic mass is 9.85. The van der Waals surface area contributed by atoms with Gasteiger partial charge in [-0.1, -0.05) is 39.0 Å². The summed E-state index contributed by atoms with van der Waals surface area (Å²) >= 11 is 0. The number of hydrazine groups is 1. The Balaban J connectivity index is 1.54. The van der Waals surface area contributed by atoms with Crippen molar-refractivity contribution in [3.8, 4) is 0 Å². The highest BCUT2D eigenvalue weighted by Gasteiger charge is 2.42. The molecule has 34 heavy (non-hydrogen) atoms. The molecule has 1 fully saturated rings. The lowest BCUT2D eigenvalue weighted by Gasteiger charge is -2.39. The smallest absolute Gasteiger partial charge is 0.272 e. The number of nitrogens with zero attached hydrogens (tertiary/aromatic N) is 3. The maximum atomic E-state index is 13.5. The molecule has 2 aromatic rings. The zero-order valence-electron chi connectivity index (χ0n) is 19.9. The largest absolute Gasteiger partial charge is 0.276 e. The highest BCUT2D eigenvalue weighted by atomic mass is 16.2. The number of rotatable bonds is 7. The van der Waals surface area contributed by atoms with Gasteiger partial charge in [0.2, 0.25) is 0 Å². The molecule has 1 atom stereocenters. The molecule has 0 aromatic heterocycles. The van der Waals surface area contributed by atoms with Crippen LogP contribution in [0.4, 0.5) is 0 Å². The van der Waals surface area contributed by atoms with E-state index in [1.807, 2.05) is 11.9 Å². The highest BCUT2D eigenvalue weighted by Crippen LogP contribution is 2.39. The molecular formula is C27H31N3O4. The van der Waals surface area contributed by atoms with Crippen molar-refractivity contribution in [3.63, 3.8) is 0 Å². The summed E-state index contributed by atoms with van der Waals surface area (Å²) in [7, 11) is 0. The van der Waals surface area contributed by atoms with Gasteiger partial charge in [-0.05, 0) is 50.5 Å². The minimum absolute atomic E-state index is 0.217. The molecule has 0 aliphatic carbocycles. The quantitative estimate of drug-likeness (QED) is 0.438. The van der Waals surface area contributed by atoms with Crippen LogP contribution in [0.5, 0.6) is 0 Å². The van der Waals surface area contributed by atoms with Crippen LogP contribution in [-0.4, -0.2) is 57.7 Å². The second-order valence-corrected chi connectivity index (χ2v) is 9.69. The molecule has 2 aromatic carbocycles. The zero-order chi connectivity index (χ0) is 24.0. The fraction of sp³-hybridized carbons (Fsp3) is 0.481. The summed E-state index contributed by atoms with van der Waals surface area (Å²) in [6, 6.07) is 6.38. The third-order valence-corrected chi connectivity index (χ3v) is 7.44. The average molecular weight is 462 g/mol. The topological polar surface area (TPSA) is 78.0 Å². The van der Waals surface area contributed by atoms with Gasteiger partial charge < -0.3 is 0 Å². The van der Waals surface area contributed by atoms with E-state index in [-0.39, 0.29) is 29.7 Å². The van der Waals surface area contributed by atoms with Gasteiger partial charge in [0.25, 0.3) is 23.6 Å². The molecule has 7 nitrogen and oxygen atoms in total. The summed E-state index contributed by atoms with van der Waals surface area (Å²) in [4.78, 5) is 55.2. The van der Waals surface area contributed by atoms with E-state index in [0.717, 1.165) is 51.4 Å². The van der Waals surface area contributed by atoms with Crippen LogP contribution in [0.25, 0.3) is 10.8 Å². The summed E-state index contributed by atoms with van der Waals surface area (Å²) in [6.07, 6.45) is 8.02. The molecule has 3 heterocycles. The van der Waals surface area contributed by atoms with Gasteiger partial charge in [0.15, 0.2) is 0 Å². The van der Waals surface area contributed by atoms with Crippen molar-refractivity contribution in [2.24, 2.45) is 0 Å². The molecule has 5 rings (SSSR count). The van der Waals surface area contributed by atoms with Crippen LogP contribution in [0, 0.1) is 0 Å². The maximum absolute atomic E-state index is 13.5. The van der Waals surface area contributed by atoms with Crippen LogP contribution in [0.2, 0.25) is 0 Å². The number of hydrogen-bond donors (Lipinski definition) is 0. The fourth-order valence-corrected chi connectivity index (χ4v) is 5.61. The SMILES string of the molecule is CCCCCCC(C)N1C(=O)c2ccc3c4c(ccc(c24)C1=O)C(=O)N(N1CCCCC1)C3=O. The first-order valence-corrected chi connectivity index (χ1v) is 12.6. The summed E-state index contributed by atoms with van der Waals surface area (Å²) in [6.45, 7) is 5.39. The Morgan fingerprint density at radius 3 is 1.71 bits per heavy atom. The van der Waals surface area contributed by atoms with Gasteiger partial charge in [-0.3, -0.25) is 24.1 Å². The Bertz CT molecular complexity index is 1130. The van der Waals surface area contributed by atoms with E-state index in [4.69, 9.17) is 0 Å². The summed E-state index contributed by atoms with van der Waals surface area (Å²) in [5.41, 5.74) is 1.54. The zero-order valence-corrected chi connectivity index (χ0v) is 19.9. The van der Waals surface area contributed by atoms with Crippen LogP contribution in [0.3, 0.4) is 0 Å². The fourth-order valence-electron chi connectivity index (χ4n) is 5.61. The predicted octanol–water partition coefficient (Wildman–Crippen LogP) is 4.79. The van der Waals surface area contributed by atoms with E-state index in [2.05, 4.69) is 6.92 Å². The molecule has 1 unspecified atom stereocenters. The maximum Gasteiger partial charge on any atom is 0.276 e. The lowest BCUT2D eigenvalue weighted by Crippen LogP contribution is -2.53. The number of amides is 4. The molecule has 0 N–H and O–H groups in total. The number of imide groups is 2. The van der Waals surface area contributed by atoms with E-state index in [0.29, 0.717) is 46.1 Å². The summed E-state index contributed by atoms with van der Waals surface area (Å²) < 4.78 is 0. The van der Waals surface area contributed by atoms with Gasteiger partial charge in [0, 0.05) is 41.0 Å². The van der Waals surface area contributed by atoms with Crippen molar-refractivity contribution in [2.75, 3.05) is 13.1 Å². The molecule has 0 radical (unpaired) electrons. The predicted molar refractivity (Wildman–Crippen MR) is 129 cm³/mol. The second-order valence-electron chi connectivity index (χ2n) is 9.69. The van der Waals surface area contributed by atoms with Crippen molar-refractivity contribution < 1.29 is 19.2 Å². The first kappa shape index (κ1) is 22.7. The van der Waals surface area contributed by atoms with Gasteiger partial charge in [-0.2, -0.15) is 0 Å². The molecule has 1 saturated heterocycles.